The SMILES string of the molecule is CCCNC1c2cc(F)ccc2S(=O)(=O)CC1C. The second kappa shape index (κ2) is 4.97. The Bertz CT molecular complexity index is 542. The third-order valence-corrected chi connectivity index (χ3v) is 5.31. The van der Waals surface area contributed by atoms with Gasteiger partial charge in [-0.15, -0.1) is 0 Å². The summed E-state index contributed by atoms with van der Waals surface area (Å²) < 4.78 is 37.5. The summed E-state index contributed by atoms with van der Waals surface area (Å²) in [7, 11) is -3.27. The van der Waals surface area contributed by atoms with Crippen molar-refractivity contribution in [3.8, 4) is 0 Å². The molecule has 0 radical (unpaired) electrons. The van der Waals surface area contributed by atoms with E-state index in [1.54, 1.807) is 0 Å². The number of benzene rings is 1. The highest BCUT2D eigenvalue weighted by Crippen LogP contribution is 2.36. The molecule has 0 saturated carbocycles. The van der Waals surface area contributed by atoms with Gasteiger partial charge in [0.15, 0.2) is 9.84 Å². The van der Waals surface area contributed by atoms with Crippen molar-refractivity contribution in [1.82, 2.24) is 5.32 Å². The Labute approximate surface area is 107 Å². The van der Waals surface area contributed by atoms with Gasteiger partial charge in [-0.25, -0.2) is 12.8 Å². The molecule has 5 heteroatoms. The van der Waals surface area contributed by atoms with Gasteiger partial charge < -0.3 is 5.32 Å². The molecule has 0 spiro atoms. The molecule has 1 heterocycles. The first kappa shape index (κ1) is 13.5. The molecule has 0 saturated heterocycles. The van der Waals surface area contributed by atoms with Crippen LogP contribution in [0.4, 0.5) is 4.39 Å². The fourth-order valence-electron chi connectivity index (χ4n) is 2.50. The first-order valence-electron chi connectivity index (χ1n) is 6.21. The zero-order chi connectivity index (χ0) is 13.3. The average Bonchev–Trinajstić information content (AvgIpc) is 2.27. The molecular weight excluding hydrogens is 253 g/mol. The molecule has 0 aromatic heterocycles. The highest BCUT2D eigenvalue weighted by Gasteiger charge is 2.35. The maximum absolute atomic E-state index is 13.3. The van der Waals surface area contributed by atoms with Gasteiger partial charge in [-0.05, 0) is 42.6 Å². The lowest BCUT2D eigenvalue weighted by Gasteiger charge is -2.31. The van der Waals surface area contributed by atoms with Gasteiger partial charge in [0, 0.05) is 6.04 Å². The van der Waals surface area contributed by atoms with Crippen molar-refractivity contribution in [1.29, 1.82) is 0 Å². The van der Waals surface area contributed by atoms with E-state index in [4.69, 9.17) is 0 Å². The molecule has 1 N–H and O–H groups in total. The largest absolute Gasteiger partial charge is 0.310 e. The van der Waals surface area contributed by atoms with Gasteiger partial charge in [-0.1, -0.05) is 13.8 Å². The molecule has 2 atom stereocenters. The molecule has 1 aliphatic heterocycles. The quantitative estimate of drug-likeness (QED) is 0.858. The normalized spacial score (nSPS) is 25.7. The van der Waals surface area contributed by atoms with Crippen LogP contribution in [0.1, 0.15) is 31.9 Å². The summed E-state index contributed by atoms with van der Waals surface area (Å²) >= 11 is 0. The van der Waals surface area contributed by atoms with Crippen LogP contribution in [0.5, 0.6) is 0 Å². The lowest BCUT2D eigenvalue weighted by atomic mass is 9.95. The summed E-state index contributed by atoms with van der Waals surface area (Å²) in [5.41, 5.74) is 0.571. The van der Waals surface area contributed by atoms with Gasteiger partial charge in [0.05, 0.1) is 10.6 Å². The van der Waals surface area contributed by atoms with Crippen LogP contribution in [0.25, 0.3) is 0 Å². The summed E-state index contributed by atoms with van der Waals surface area (Å²) in [4.78, 5) is 0.274. The molecule has 100 valence electrons. The first-order valence-corrected chi connectivity index (χ1v) is 7.86. The molecule has 0 amide bonds. The monoisotopic (exact) mass is 271 g/mol. The fourth-order valence-corrected chi connectivity index (χ4v) is 4.38. The average molecular weight is 271 g/mol. The predicted molar refractivity (Wildman–Crippen MR) is 68.7 cm³/mol. The van der Waals surface area contributed by atoms with Crippen LogP contribution in [-0.4, -0.2) is 20.7 Å². The summed E-state index contributed by atoms with van der Waals surface area (Å²) in [6.45, 7) is 4.73. The molecule has 0 fully saturated rings. The third kappa shape index (κ3) is 2.42. The van der Waals surface area contributed by atoms with Gasteiger partial charge in [-0.3, -0.25) is 0 Å². The zero-order valence-electron chi connectivity index (χ0n) is 10.6. The van der Waals surface area contributed by atoms with E-state index in [0.717, 1.165) is 13.0 Å². The van der Waals surface area contributed by atoms with Crippen LogP contribution >= 0.6 is 0 Å². The van der Waals surface area contributed by atoms with Crippen molar-refractivity contribution in [3.05, 3.63) is 29.6 Å². The van der Waals surface area contributed by atoms with Gasteiger partial charge in [-0.2, -0.15) is 0 Å². The van der Waals surface area contributed by atoms with Crippen LogP contribution in [0, 0.1) is 11.7 Å². The molecule has 1 aromatic rings. The van der Waals surface area contributed by atoms with Gasteiger partial charge in [0.2, 0.25) is 0 Å². The van der Waals surface area contributed by atoms with E-state index in [2.05, 4.69) is 5.32 Å². The number of halogens is 1. The Morgan fingerprint density at radius 2 is 2.17 bits per heavy atom. The van der Waals surface area contributed by atoms with E-state index in [1.165, 1.54) is 18.2 Å². The highest BCUT2D eigenvalue weighted by molar-refractivity contribution is 7.91. The lowest BCUT2D eigenvalue weighted by Crippen LogP contribution is -2.36. The Balaban J connectivity index is 2.49. The van der Waals surface area contributed by atoms with E-state index in [-0.39, 0.29) is 28.4 Å². The third-order valence-electron chi connectivity index (χ3n) is 3.31. The van der Waals surface area contributed by atoms with Crippen molar-refractivity contribution < 1.29 is 12.8 Å². The molecular formula is C13H18FNO2S. The number of rotatable bonds is 3. The van der Waals surface area contributed by atoms with Gasteiger partial charge in [0.25, 0.3) is 0 Å². The molecule has 2 rings (SSSR count). The Morgan fingerprint density at radius 1 is 1.44 bits per heavy atom. The standard InChI is InChI=1S/C13H18FNO2S/c1-3-6-15-13-9(2)8-18(16,17)12-5-4-10(14)7-11(12)13/h4-5,7,9,13,15H,3,6,8H2,1-2H3. The lowest BCUT2D eigenvalue weighted by molar-refractivity contribution is 0.394. The minimum absolute atomic E-state index is 0.0455. The summed E-state index contributed by atoms with van der Waals surface area (Å²) in [5, 5.41) is 3.31. The van der Waals surface area contributed by atoms with Crippen LogP contribution in [0.15, 0.2) is 23.1 Å². The molecule has 1 aromatic carbocycles. The van der Waals surface area contributed by atoms with E-state index in [1.807, 2.05) is 13.8 Å². The maximum Gasteiger partial charge on any atom is 0.179 e. The number of hydrogen-bond donors (Lipinski definition) is 1. The predicted octanol–water partition coefficient (Wildman–Crippen LogP) is 2.29. The zero-order valence-corrected chi connectivity index (χ0v) is 11.4. The van der Waals surface area contributed by atoms with E-state index < -0.39 is 9.84 Å². The highest BCUT2D eigenvalue weighted by atomic mass is 32.2. The number of fused-ring (bicyclic) bond motifs is 1. The summed E-state index contributed by atoms with van der Waals surface area (Å²) in [6, 6.07) is 3.85. The molecule has 3 nitrogen and oxygen atoms in total. The maximum atomic E-state index is 13.3. The Kier molecular flexibility index (Phi) is 3.73. The molecule has 0 bridgehead atoms. The smallest absolute Gasteiger partial charge is 0.179 e. The van der Waals surface area contributed by atoms with Crippen molar-refractivity contribution in [2.45, 2.75) is 31.2 Å². The Morgan fingerprint density at radius 3 is 2.83 bits per heavy atom. The van der Waals surface area contributed by atoms with Gasteiger partial charge >= 0.3 is 0 Å². The molecule has 1 aliphatic rings. The Hall–Kier alpha value is -0.940. The van der Waals surface area contributed by atoms with Gasteiger partial charge in [0.1, 0.15) is 5.82 Å². The second-order valence-corrected chi connectivity index (χ2v) is 6.88. The van der Waals surface area contributed by atoms with Crippen molar-refractivity contribution in [2.75, 3.05) is 12.3 Å². The molecule has 2 unspecified atom stereocenters. The fraction of sp³-hybridized carbons (Fsp3) is 0.538. The minimum atomic E-state index is -3.27. The summed E-state index contributed by atoms with van der Waals surface area (Å²) in [6.07, 6.45) is 0.959. The van der Waals surface area contributed by atoms with Crippen molar-refractivity contribution in [3.63, 3.8) is 0 Å². The van der Waals surface area contributed by atoms with Crippen molar-refractivity contribution in [2.24, 2.45) is 5.92 Å². The van der Waals surface area contributed by atoms with Crippen LogP contribution in [0.3, 0.4) is 0 Å². The van der Waals surface area contributed by atoms with Crippen LogP contribution < -0.4 is 5.32 Å². The van der Waals surface area contributed by atoms with E-state index >= 15 is 0 Å². The topological polar surface area (TPSA) is 46.2 Å². The van der Waals surface area contributed by atoms with Crippen LogP contribution in [0.2, 0.25) is 0 Å². The number of sulfone groups is 1. The molecule has 18 heavy (non-hydrogen) atoms. The van der Waals surface area contributed by atoms with Crippen molar-refractivity contribution >= 4 is 9.84 Å². The summed E-state index contributed by atoms with van der Waals surface area (Å²) in [5.74, 6) is -0.315. The van der Waals surface area contributed by atoms with E-state index in [9.17, 15) is 12.8 Å². The second-order valence-electron chi connectivity index (χ2n) is 4.87. The minimum Gasteiger partial charge on any atom is -0.310 e. The van der Waals surface area contributed by atoms with E-state index in [0.29, 0.717) is 5.56 Å². The van der Waals surface area contributed by atoms with Crippen LogP contribution in [-0.2, 0) is 9.84 Å². The number of nitrogens with one attached hydrogen (secondary N) is 1. The number of hydrogen-bond acceptors (Lipinski definition) is 3. The first-order chi connectivity index (χ1) is 8.45. The molecule has 0 aliphatic carbocycles.